The standard InChI is InChI=1S/C24H20F4N4O4/c1-32(13-20(33)30-17-9-7-16(25)8-10-17)21(34)14-36-23(35)19-6-3-11-29-22(19)31-18-5-2-4-15(12-18)24(26,27)28/h2-12H,13-14H2,1H3,(H,29,31)(H,30,33). The second-order valence-electron chi connectivity index (χ2n) is 7.48. The van der Waals surface area contributed by atoms with Gasteiger partial charge in [-0.25, -0.2) is 14.2 Å². The topological polar surface area (TPSA) is 101 Å². The van der Waals surface area contributed by atoms with E-state index in [4.69, 9.17) is 4.74 Å². The maximum Gasteiger partial charge on any atom is 0.416 e. The lowest BCUT2D eigenvalue weighted by Crippen LogP contribution is -2.37. The van der Waals surface area contributed by atoms with Crippen LogP contribution in [0.3, 0.4) is 0 Å². The molecule has 2 N–H and O–H groups in total. The van der Waals surface area contributed by atoms with Gasteiger partial charge in [0.15, 0.2) is 6.61 Å². The first kappa shape index (κ1) is 26.1. The molecule has 0 saturated heterocycles. The molecule has 2 aromatic carbocycles. The summed E-state index contributed by atoms with van der Waals surface area (Å²) in [5, 5.41) is 5.14. The second-order valence-corrected chi connectivity index (χ2v) is 7.48. The largest absolute Gasteiger partial charge is 0.452 e. The van der Waals surface area contributed by atoms with Crippen LogP contribution in [-0.4, -0.2) is 47.9 Å². The third-order valence-electron chi connectivity index (χ3n) is 4.74. The average Bonchev–Trinajstić information content (AvgIpc) is 2.83. The van der Waals surface area contributed by atoms with E-state index in [1.54, 1.807) is 0 Å². The van der Waals surface area contributed by atoms with Gasteiger partial charge in [0.2, 0.25) is 5.91 Å². The number of carbonyl (C=O) groups is 3. The number of carbonyl (C=O) groups excluding carboxylic acids is 3. The maximum absolute atomic E-state index is 13.0. The Labute approximate surface area is 202 Å². The molecule has 0 aliphatic carbocycles. The zero-order valence-corrected chi connectivity index (χ0v) is 18.8. The van der Waals surface area contributed by atoms with Crippen molar-refractivity contribution in [2.45, 2.75) is 6.18 Å². The minimum atomic E-state index is -4.55. The zero-order valence-electron chi connectivity index (χ0n) is 18.8. The molecule has 0 radical (unpaired) electrons. The molecular formula is C24H20F4N4O4. The summed E-state index contributed by atoms with van der Waals surface area (Å²) in [5.74, 6) is -2.72. The highest BCUT2D eigenvalue weighted by Crippen LogP contribution is 2.31. The van der Waals surface area contributed by atoms with Crippen LogP contribution in [0.4, 0.5) is 34.8 Å². The number of nitrogens with zero attached hydrogens (tertiary/aromatic N) is 2. The first-order valence-electron chi connectivity index (χ1n) is 10.4. The summed E-state index contributed by atoms with van der Waals surface area (Å²) in [4.78, 5) is 41.9. The number of nitrogens with one attached hydrogen (secondary N) is 2. The highest BCUT2D eigenvalue weighted by molar-refractivity contribution is 5.97. The van der Waals surface area contributed by atoms with Crippen molar-refractivity contribution in [1.29, 1.82) is 0 Å². The number of aromatic nitrogens is 1. The van der Waals surface area contributed by atoms with E-state index < -0.39 is 41.9 Å². The number of esters is 1. The SMILES string of the molecule is CN(CC(=O)Nc1ccc(F)cc1)C(=O)COC(=O)c1cccnc1Nc1cccc(C(F)(F)F)c1. The van der Waals surface area contributed by atoms with Gasteiger partial charge in [0.25, 0.3) is 5.91 Å². The molecule has 0 spiro atoms. The van der Waals surface area contributed by atoms with Crippen LogP contribution >= 0.6 is 0 Å². The van der Waals surface area contributed by atoms with Crippen LogP contribution in [0.25, 0.3) is 0 Å². The van der Waals surface area contributed by atoms with Crippen LogP contribution in [0.5, 0.6) is 0 Å². The molecule has 0 atom stereocenters. The van der Waals surface area contributed by atoms with Gasteiger partial charge in [-0.15, -0.1) is 0 Å². The molecule has 0 unspecified atom stereocenters. The quantitative estimate of drug-likeness (QED) is 0.352. The highest BCUT2D eigenvalue weighted by atomic mass is 19.4. The summed E-state index contributed by atoms with van der Waals surface area (Å²) in [6.45, 7) is -1.06. The molecular weight excluding hydrogens is 484 g/mol. The molecule has 8 nitrogen and oxygen atoms in total. The van der Waals surface area contributed by atoms with Crippen molar-refractivity contribution in [1.82, 2.24) is 9.88 Å². The Kier molecular flexibility index (Phi) is 8.20. The van der Waals surface area contributed by atoms with Crippen molar-refractivity contribution in [3.05, 3.63) is 83.8 Å². The number of likely N-dealkylation sites (N-methyl/N-ethyl adjacent to an activating group) is 1. The van der Waals surface area contributed by atoms with Crippen LogP contribution in [0, 0.1) is 5.82 Å². The van der Waals surface area contributed by atoms with Crippen molar-refractivity contribution in [2.75, 3.05) is 30.8 Å². The molecule has 0 saturated carbocycles. The van der Waals surface area contributed by atoms with E-state index in [-0.39, 0.29) is 23.6 Å². The predicted octanol–water partition coefficient (Wildman–Crippen LogP) is 4.24. The number of halogens is 4. The number of hydrogen-bond acceptors (Lipinski definition) is 6. The van der Waals surface area contributed by atoms with E-state index in [1.165, 1.54) is 61.8 Å². The fourth-order valence-electron chi connectivity index (χ4n) is 2.93. The molecule has 3 rings (SSSR count). The van der Waals surface area contributed by atoms with Crippen molar-refractivity contribution < 1.29 is 36.7 Å². The number of hydrogen-bond donors (Lipinski definition) is 2. The van der Waals surface area contributed by atoms with Crippen LogP contribution in [-0.2, 0) is 20.5 Å². The van der Waals surface area contributed by atoms with E-state index >= 15 is 0 Å². The molecule has 2 amide bonds. The van der Waals surface area contributed by atoms with Crippen LogP contribution in [0.1, 0.15) is 15.9 Å². The molecule has 0 fully saturated rings. The third-order valence-corrected chi connectivity index (χ3v) is 4.74. The predicted molar refractivity (Wildman–Crippen MR) is 122 cm³/mol. The number of ether oxygens (including phenoxy) is 1. The highest BCUT2D eigenvalue weighted by Gasteiger charge is 2.30. The maximum atomic E-state index is 13.0. The summed E-state index contributed by atoms with van der Waals surface area (Å²) in [7, 11) is 1.32. The Bertz CT molecular complexity index is 1250. The lowest BCUT2D eigenvalue weighted by molar-refractivity contribution is -0.137. The Morgan fingerprint density at radius 1 is 1.00 bits per heavy atom. The monoisotopic (exact) mass is 504 g/mol. The van der Waals surface area contributed by atoms with E-state index in [0.29, 0.717) is 5.69 Å². The van der Waals surface area contributed by atoms with E-state index in [1.807, 2.05) is 0 Å². The van der Waals surface area contributed by atoms with Crippen LogP contribution in [0.2, 0.25) is 0 Å². The van der Waals surface area contributed by atoms with Gasteiger partial charge in [-0.05, 0) is 54.6 Å². The fourth-order valence-corrected chi connectivity index (χ4v) is 2.93. The molecule has 3 aromatic rings. The van der Waals surface area contributed by atoms with Crippen molar-refractivity contribution in [3.8, 4) is 0 Å². The van der Waals surface area contributed by atoms with Crippen molar-refractivity contribution in [3.63, 3.8) is 0 Å². The lowest BCUT2D eigenvalue weighted by Gasteiger charge is -2.17. The van der Waals surface area contributed by atoms with E-state index in [0.717, 1.165) is 17.0 Å². The van der Waals surface area contributed by atoms with Gasteiger partial charge >= 0.3 is 12.1 Å². The first-order valence-corrected chi connectivity index (χ1v) is 10.4. The van der Waals surface area contributed by atoms with Gasteiger partial charge in [-0.3, -0.25) is 9.59 Å². The summed E-state index contributed by atoms with van der Waals surface area (Å²) in [5.41, 5.74) is -0.615. The van der Waals surface area contributed by atoms with Gasteiger partial charge in [0.05, 0.1) is 12.1 Å². The number of amides is 2. The summed E-state index contributed by atoms with van der Waals surface area (Å²) in [6.07, 6.45) is -3.22. The molecule has 36 heavy (non-hydrogen) atoms. The number of anilines is 3. The third kappa shape index (κ3) is 7.26. The van der Waals surface area contributed by atoms with Crippen LogP contribution < -0.4 is 10.6 Å². The average molecular weight is 504 g/mol. The molecule has 1 aromatic heterocycles. The Balaban J connectivity index is 1.57. The molecule has 0 aliphatic heterocycles. The van der Waals surface area contributed by atoms with Gasteiger partial charge in [0, 0.05) is 24.6 Å². The van der Waals surface area contributed by atoms with Crippen molar-refractivity contribution >= 4 is 35.0 Å². The number of rotatable bonds is 8. The molecule has 188 valence electrons. The van der Waals surface area contributed by atoms with E-state index in [9.17, 15) is 31.9 Å². The lowest BCUT2D eigenvalue weighted by atomic mass is 10.2. The van der Waals surface area contributed by atoms with Gasteiger partial charge in [-0.2, -0.15) is 13.2 Å². The second kappa shape index (κ2) is 11.3. The minimum absolute atomic E-state index is 0.0422. The van der Waals surface area contributed by atoms with Gasteiger partial charge in [-0.1, -0.05) is 6.07 Å². The minimum Gasteiger partial charge on any atom is -0.452 e. The Morgan fingerprint density at radius 3 is 2.42 bits per heavy atom. The van der Waals surface area contributed by atoms with E-state index in [2.05, 4.69) is 15.6 Å². The van der Waals surface area contributed by atoms with Crippen LogP contribution in [0.15, 0.2) is 66.9 Å². The fraction of sp³-hybridized carbons (Fsp3) is 0.167. The summed E-state index contributed by atoms with van der Waals surface area (Å²) in [6, 6.07) is 12.1. The normalized spacial score (nSPS) is 10.9. The molecule has 0 bridgehead atoms. The number of alkyl halides is 3. The molecule has 0 aliphatic rings. The smallest absolute Gasteiger partial charge is 0.416 e. The Hall–Kier alpha value is -4.48. The number of pyridine rings is 1. The van der Waals surface area contributed by atoms with Gasteiger partial charge < -0.3 is 20.3 Å². The summed E-state index contributed by atoms with van der Waals surface area (Å²) >= 11 is 0. The first-order chi connectivity index (χ1) is 17.0. The van der Waals surface area contributed by atoms with Gasteiger partial charge in [0.1, 0.15) is 17.2 Å². The summed E-state index contributed by atoms with van der Waals surface area (Å²) < 4.78 is 56.9. The molecule has 12 heteroatoms. The Morgan fingerprint density at radius 2 is 1.72 bits per heavy atom. The van der Waals surface area contributed by atoms with Crippen molar-refractivity contribution in [2.24, 2.45) is 0 Å². The zero-order chi connectivity index (χ0) is 26.3. The molecule has 1 heterocycles. The number of benzene rings is 2.